The zero-order valence-electron chi connectivity index (χ0n) is 18.0. The number of methoxy groups -OCH3 is 2. The molecule has 28 heavy (non-hydrogen) atoms. The second-order valence-corrected chi connectivity index (χ2v) is 7.40. The minimum atomic E-state index is 0. The van der Waals surface area contributed by atoms with Crippen molar-refractivity contribution in [1.29, 1.82) is 0 Å². The van der Waals surface area contributed by atoms with Crippen molar-refractivity contribution >= 4 is 29.9 Å². The molecule has 7 nitrogen and oxygen atoms in total. The van der Waals surface area contributed by atoms with Crippen LogP contribution in [0.2, 0.25) is 0 Å². The summed E-state index contributed by atoms with van der Waals surface area (Å²) in [5, 5.41) is 3.46. The van der Waals surface area contributed by atoms with Gasteiger partial charge in [-0.25, -0.2) is 0 Å². The van der Waals surface area contributed by atoms with E-state index in [9.17, 15) is 0 Å². The zero-order valence-corrected chi connectivity index (χ0v) is 20.4. The number of piperidine rings is 1. The third-order valence-electron chi connectivity index (χ3n) is 5.22. The Balaban J connectivity index is 0.00000392. The summed E-state index contributed by atoms with van der Waals surface area (Å²) < 4.78 is 16.3. The van der Waals surface area contributed by atoms with Crippen LogP contribution in [0.15, 0.2) is 4.99 Å². The van der Waals surface area contributed by atoms with Gasteiger partial charge >= 0.3 is 0 Å². The van der Waals surface area contributed by atoms with Gasteiger partial charge in [-0.2, -0.15) is 0 Å². The first-order valence-corrected chi connectivity index (χ1v) is 10.6. The molecular weight excluding hydrogens is 471 g/mol. The van der Waals surface area contributed by atoms with Crippen LogP contribution in [0.3, 0.4) is 0 Å². The normalized spacial score (nSPS) is 18.4. The second kappa shape index (κ2) is 15.6. The van der Waals surface area contributed by atoms with Crippen LogP contribution in [-0.2, 0) is 14.2 Å². The van der Waals surface area contributed by atoms with Gasteiger partial charge in [0.25, 0.3) is 0 Å². The number of hydrogen-bond acceptors (Lipinski definition) is 5. The number of halogens is 1. The number of aliphatic imine (C=N–C) groups is 1. The number of guanidine groups is 1. The molecule has 1 N–H and O–H groups in total. The maximum atomic E-state index is 5.97. The van der Waals surface area contributed by atoms with Gasteiger partial charge in [0.2, 0.25) is 0 Å². The van der Waals surface area contributed by atoms with E-state index in [2.05, 4.69) is 22.0 Å². The molecule has 1 saturated carbocycles. The first-order valence-electron chi connectivity index (χ1n) is 10.6. The smallest absolute Gasteiger partial charge is 0.193 e. The van der Waals surface area contributed by atoms with E-state index in [1.807, 2.05) is 0 Å². The minimum absolute atomic E-state index is 0. The molecule has 0 spiro atoms. The van der Waals surface area contributed by atoms with Gasteiger partial charge in [-0.15, -0.1) is 24.0 Å². The third-order valence-corrected chi connectivity index (χ3v) is 5.22. The largest absolute Gasteiger partial charge is 0.385 e. The molecule has 1 saturated heterocycles. The first-order chi connectivity index (χ1) is 13.3. The van der Waals surface area contributed by atoms with E-state index in [1.54, 1.807) is 14.2 Å². The molecule has 0 unspecified atom stereocenters. The Bertz CT molecular complexity index is 416. The van der Waals surface area contributed by atoms with Crippen LogP contribution in [0.1, 0.15) is 39.0 Å². The van der Waals surface area contributed by atoms with E-state index < -0.39 is 0 Å². The predicted octanol–water partition coefficient (Wildman–Crippen LogP) is 2.20. The van der Waals surface area contributed by atoms with Crippen molar-refractivity contribution in [3.05, 3.63) is 0 Å². The summed E-state index contributed by atoms with van der Waals surface area (Å²) in [6.45, 7) is 10.3. The number of ether oxygens (including phenoxy) is 3. The van der Waals surface area contributed by atoms with Crippen LogP contribution in [-0.4, -0.2) is 101 Å². The fraction of sp³-hybridized carbons (Fsp3) is 0.950. The highest BCUT2D eigenvalue weighted by atomic mass is 127. The van der Waals surface area contributed by atoms with E-state index >= 15 is 0 Å². The van der Waals surface area contributed by atoms with Crippen LogP contribution in [0.25, 0.3) is 0 Å². The van der Waals surface area contributed by atoms with Crippen molar-refractivity contribution in [2.75, 3.05) is 73.3 Å². The SMILES string of the molecule is CCNC(=NCCN(CCOC)C1CC1)N1CCC(OCCCOC)CC1.I. The third kappa shape index (κ3) is 10.0. The molecule has 0 radical (unpaired) electrons. The fourth-order valence-corrected chi connectivity index (χ4v) is 3.52. The highest BCUT2D eigenvalue weighted by Crippen LogP contribution is 2.26. The van der Waals surface area contributed by atoms with Gasteiger partial charge in [-0.3, -0.25) is 9.89 Å². The standard InChI is InChI=1S/C20H40N4O3.HI/c1-4-21-20(22-10-13-23(14-17-26-3)18-6-7-18)24-11-8-19(9-12-24)27-16-5-15-25-2;/h18-19H,4-17H2,1-3H3,(H,21,22);1H. The number of hydrogen-bond donors (Lipinski definition) is 1. The number of rotatable bonds is 13. The van der Waals surface area contributed by atoms with Crippen LogP contribution < -0.4 is 5.32 Å². The summed E-state index contributed by atoms with van der Waals surface area (Å²) in [5.41, 5.74) is 0. The van der Waals surface area contributed by atoms with Gasteiger partial charge in [0.15, 0.2) is 5.96 Å². The molecule has 1 heterocycles. The summed E-state index contributed by atoms with van der Waals surface area (Å²) in [5.74, 6) is 1.05. The van der Waals surface area contributed by atoms with Gasteiger partial charge < -0.3 is 24.4 Å². The Morgan fingerprint density at radius 3 is 2.36 bits per heavy atom. The maximum absolute atomic E-state index is 5.97. The molecule has 166 valence electrons. The van der Waals surface area contributed by atoms with Gasteiger partial charge in [0, 0.05) is 66.2 Å². The lowest BCUT2D eigenvalue weighted by Gasteiger charge is -2.34. The summed E-state index contributed by atoms with van der Waals surface area (Å²) >= 11 is 0. The lowest BCUT2D eigenvalue weighted by Crippen LogP contribution is -2.47. The number of likely N-dealkylation sites (tertiary alicyclic amines) is 1. The Morgan fingerprint density at radius 1 is 1.04 bits per heavy atom. The highest BCUT2D eigenvalue weighted by molar-refractivity contribution is 14.0. The van der Waals surface area contributed by atoms with Crippen molar-refractivity contribution in [2.45, 2.75) is 51.2 Å². The fourth-order valence-electron chi connectivity index (χ4n) is 3.52. The van der Waals surface area contributed by atoms with Crippen molar-refractivity contribution in [3.8, 4) is 0 Å². The molecule has 1 aliphatic carbocycles. The molecule has 0 bridgehead atoms. The molecule has 0 amide bonds. The molecule has 1 aliphatic heterocycles. The van der Waals surface area contributed by atoms with Crippen LogP contribution in [0.4, 0.5) is 0 Å². The Labute approximate surface area is 188 Å². The van der Waals surface area contributed by atoms with Crippen molar-refractivity contribution in [2.24, 2.45) is 4.99 Å². The minimum Gasteiger partial charge on any atom is -0.385 e. The quantitative estimate of drug-likeness (QED) is 0.177. The summed E-state index contributed by atoms with van der Waals surface area (Å²) in [4.78, 5) is 9.81. The Morgan fingerprint density at radius 2 is 1.75 bits per heavy atom. The van der Waals surface area contributed by atoms with Crippen molar-refractivity contribution < 1.29 is 14.2 Å². The summed E-state index contributed by atoms with van der Waals surface area (Å²) in [6.07, 6.45) is 6.14. The Kier molecular flexibility index (Phi) is 14.5. The topological polar surface area (TPSA) is 58.6 Å². The lowest BCUT2D eigenvalue weighted by atomic mass is 10.1. The number of nitrogens with zero attached hydrogens (tertiary/aromatic N) is 3. The van der Waals surface area contributed by atoms with E-state index in [-0.39, 0.29) is 24.0 Å². The van der Waals surface area contributed by atoms with Crippen molar-refractivity contribution in [1.82, 2.24) is 15.1 Å². The van der Waals surface area contributed by atoms with Crippen LogP contribution in [0, 0.1) is 0 Å². The monoisotopic (exact) mass is 512 g/mol. The zero-order chi connectivity index (χ0) is 19.3. The van der Waals surface area contributed by atoms with Crippen molar-refractivity contribution in [3.63, 3.8) is 0 Å². The van der Waals surface area contributed by atoms with Crippen LogP contribution in [0.5, 0.6) is 0 Å². The van der Waals surface area contributed by atoms with E-state index in [1.165, 1.54) is 12.8 Å². The van der Waals surface area contributed by atoms with E-state index in [0.29, 0.717) is 6.10 Å². The summed E-state index contributed by atoms with van der Waals surface area (Å²) in [7, 11) is 3.51. The van der Waals surface area contributed by atoms with E-state index in [0.717, 1.165) is 90.4 Å². The maximum Gasteiger partial charge on any atom is 0.193 e. The van der Waals surface area contributed by atoms with E-state index in [4.69, 9.17) is 19.2 Å². The molecule has 0 aromatic carbocycles. The molecule has 0 aromatic heterocycles. The average Bonchev–Trinajstić information content (AvgIpc) is 3.53. The second-order valence-electron chi connectivity index (χ2n) is 7.40. The molecule has 2 fully saturated rings. The molecule has 2 rings (SSSR count). The van der Waals surface area contributed by atoms with Crippen LogP contribution >= 0.6 is 24.0 Å². The Hall–Kier alpha value is -0.160. The summed E-state index contributed by atoms with van der Waals surface area (Å²) in [6, 6.07) is 0.754. The van der Waals surface area contributed by atoms with Gasteiger partial charge in [0.05, 0.1) is 19.3 Å². The average molecular weight is 512 g/mol. The predicted molar refractivity (Wildman–Crippen MR) is 125 cm³/mol. The molecule has 0 aromatic rings. The lowest BCUT2D eigenvalue weighted by molar-refractivity contribution is 0.00990. The molecular formula is C20H41IN4O3. The number of nitrogens with one attached hydrogen (secondary N) is 1. The molecule has 2 aliphatic rings. The van der Waals surface area contributed by atoms with Gasteiger partial charge in [-0.05, 0) is 39.0 Å². The first kappa shape index (κ1) is 25.9. The van der Waals surface area contributed by atoms with Gasteiger partial charge in [0.1, 0.15) is 0 Å². The highest BCUT2D eigenvalue weighted by Gasteiger charge is 2.28. The molecule has 0 atom stereocenters. The van der Waals surface area contributed by atoms with Gasteiger partial charge in [-0.1, -0.05) is 0 Å². The molecule has 8 heteroatoms.